The van der Waals surface area contributed by atoms with Gasteiger partial charge in [0.2, 0.25) is 0 Å². The zero-order chi connectivity index (χ0) is 7.49. The van der Waals surface area contributed by atoms with Crippen LogP contribution in [0.2, 0.25) is 0 Å². The van der Waals surface area contributed by atoms with Gasteiger partial charge >= 0.3 is 0 Å². The molecular weight excluding hydrogens is 136 g/mol. The topological polar surface area (TPSA) is 52.9 Å². The molecule has 9 heavy (non-hydrogen) atoms. The zero-order valence-electron chi connectivity index (χ0n) is 5.76. The predicted octanol–water partition coefficient (Wildman–Crippen LogP) is 0.172. The number of nitrogens with zero attached hydrogens (tertiary/aromatic N) is 1. The molecule has 3 nitrogen and oxygen atoms in total. The minimum absolute atomic E-state index is 0.783. The summed E-state index contributed by atoms with van der Waals surface area (Å²) < 4.78 is 12.6. The molecule has 0 bridgehead atoms. The number of hydrogen-bond acceptors (Lipinski definition) is 2. The summed E-state index contributed by atoms with van der Waals surface area (Å²) in [5, 5.41) is 8.41. The molecular formula is C5H10N2OS. The van der Waals surface area contributed by atoms with Crippen molar-refractivity contribution in [3.8, 4) is 6.07 Å². The van der Waals surface area contributed by atoms with Crippen molar-refractivity contribution in [2.45, 2.75) is 18.6 Å². The zero-order valence-corrected chi connectivity index (χ0v) is 6.58. The van der Waals surface area contributed by atoms with Crippen LogP contribution in [0.15, 0.2) is 0 Å². The second-order valence-electron chi connectivity index (χ2n) is 2.09. The van der Waals surface area contributed by atoms with Gasteiger partial charge in [0, 0.05) is 0 Å². The molecule has 0 radical (unpaired) electrons. The van der Waals surface area contributed by atoms with Crippen molar-refractivity contribution < 1.29 is 4.21 Å². The van der Waals surface area contributed by atoms with E-state index in [1.165, 1.54) is 0 Å². The van der Waals surface area contributed by atoms with Crippen molar-refractivity contribution in [1.29, 1.82) is 5.26 Å². The van der Waals surface area contributed by atoms with Gasteiger partial charge in [0.25, 0.3) is 0 Å². The number of rotatable bonds is 2. The standard InChI is InChI=1S/C5H10N2OS/c1-5(2,4-6)9(8)7-3/h7H,1-3H3. The van der Waals surface area contributed by atoms with Gasteiger partial charge in [0.1, 0.15) is 15.7 Å². The average molecular weight is 146 g/mol. The van der Waals surface area contributed by atoms with Gasteiger partial charge in [0.15, 0.2) is 0 Å². The molecule has 0 aliphatic rings. The van der Waals surface area contributed by atoms with Crippen LogP contribution >= 0.6 is 0 Å². The highest BCUT2D eigenvalue weighted by atomic mass is 32.2. The Hall–Kier alpha value is -0.400. The van der Waals surface area contributed by atoms with E-state index in [2.05, 4.69) is 4.72 Å². The molecule has 0 fully saturated rings. The third-order valence-corrected chi connectivity index (χ3v) is 2.31. The maximum Gasteiger partial charge on any atom is 0.141 e. The molecule has 0 aliphatic carbocycles. The van der Waals surface area contributed by atoms with Crippen LogP contribution in [0, 0.1) is 11.3 Å². The molecule has 1 atom stereocenters. The highest BCUT2D eigenvalue weighted by Crippen LogP contribution is 2.07. The molecule has 0 rings (SSSR count). The van der Waals surface area contributed by atoms with Crippen LogP contribution in [-0.2, 0) is 11.0 Å². The second kappa shape index (κ2) is 2.95. The van der Waals surface area contributed by atoms with E-state index >= 15 is 0 Å². The first-order chi connectivity index (χ1) is 4.04. The third kappa shape index (κ3) is 2.12. The Bertz CT molecular complexity index is 159. The maximum atomic E-state index is 10.8. The van der Waals surface area contributed by atoms with Crippen molar-refractivity contribution in [3.63, 3.8) is 0 Å². The average Bonchev–Trinajstić information content (AvgIpc) is 1.86. The molecule has 52 valence electrons. The molecule has 0 heterocycles. The predicted molar refractivity (Wildman–Crippen MR) is 36.9 cm³/mol. The highest BCUT2D eigenvalue weighted by Gasteiger charge is 2.23. The summed E-state index contributed by atoms with van der Waals surface area (Å²) in [4.78, 5) is 0. The molecule has 4 heteroatoms. The Morgan fingerprint density at radius 1 is 1.67 bits per heavy atom. The van der Waals surface area contributed by atoms with Gasteiger partial charge in [-0.2, -0.15) is 5.26 Å². The van der Waals surface area contributed by atoms with Gasteiger partial charge in [-0.05, 0) is 20.9 Å². The SMILES string of the molecule is CNS(=O)C(C)(C)C#N. The van der Waals surface area contributed by atoms with E-state index in [4.69, 9.17) is 5.26 Å². The lowest BCUT2D eigenvalue weighted by Crippen LogP contribution is -2.32. The number of nitrogens with one attached hydrogen (secondary N) is 1. The summed E-state index contributed by atoms with van der Waals surface area (Å²) in [6.07, 6.45) is 0. The van der Waals surface area contributed by atoms with E-state index in [1.807, 2.05) is 6.07 Å². The van der Waals surface area contributed by atoms with Crippen LogP contribution in [0.1, 0.15) is 13.8 Å². The Balaban J connectivity index is 4.19. The minimum atomic E-state index is -1.25. The van der Waals surface area contributed by atoms with Crippen molar-refractivity contribution in [1.82, 2.24) is 4.72 Å². The monoisotopic (exact) mass is 146 g/mol. The molecule has 0 saturated heterocycles. The van der Waals surface area contributed by atoms with Crippen molar-refractivity contribution in [2.75, 3.05) is 7.05 Å². The first kappa shape index (κ1) is 8.60. The third-order valence-electron chi connectivity index (χ3n) is 0.918. The number of nitriles is 1. The molecule has 1 unspecified atom stereocenters. The van der Waals surface area contributed by atoms with E-state index in [0.717, 1.165) is 0 Å². The number of hydrogen-bond donors (Lipinski definition) is 1. The van der Waals surface area contributed by atoms with E-state index in [1.54, 1.807) is 20.9 Å². The summed E-state index contributed by atoms with van der Waals surface area (Å²) >= 11 is 0. The van der Waals surface area contributed by atoms with E-state index in [0.29, 0.717) is 0 Å². The molecule has 0 amide bonds. The largest absolute Gasteiger partial charge is 0.241 e. The normalized spacial score (nSPS) is 14.4. The molecule has 0 spiro atoms. The maximum absolute atomic E-state index is 10.8. The van der Waals surface area contributed by atoms with Crippen LogP contribution in [0.3, 0.4) is 0 Å². The second-order valence-corrected chi connectivity index (χ2v) is 4.06. The summed E-state index contributed by atoms with van der Waals surface area (Å²) in [7, 11) is 0.316. The van der Waals surface area contributed by atoms with E-state index < -0.39 is 15.7 Å². The molecule has 0 aliphatic heterocycles. The van der Waals surface area contributed by atoms with Crippen LogP contribution in [-0.4, -0.2) is 16.0 Å². The van der Waals surface area contributed by atoms with Gasteiger partial charge < -0.3 is 0 Å². The Kier molecular flexibility index (Phi) is 2.82. The Morgan fingerprint density at radius 3 is 2.22 bits per heavy atom. The first-order valence-electron chi connectivity index (χ1n) is 2.55. The lowest BCUT2D eigenvalue weighted by atomic mass is 10.2. The molecule has 1 N–H and O–H groups in total. The highest BCUT2D eigenvalue weighted by molar-refractivity contribution is 7.84. The smallest absolute Gasteiger partial charge is 0.141 e. The van der Waals surface area contributed by atoms with E-state index in [-0.39, 0.29) is 0 Å². The van der Waals surface area contributed by atoms with Gasteiger partial charge in [-0.3, -0.25) is 0 Å². The lowest BCUT2D eigenvalue weighted by molar-refractivity contribution is 0.658. The van der Waals surface area contributed by atoms with Gasteiger partial charge in [-0.15, -0.1) is 0 Å². The fourth-order valence-corrected chi connectivity index (χ4v) is 0.890. The summed E-state index contributed by atoms with van der Waals surface area (Å²) in [5.74, 6) is 0. The Morgan fingerprint density at radius 2 is 2.11 bits per heavy atom. The summed E-state index contributed by atoms with van der Waals surface area (Å²) in [5.41, 5.74) is 0. The molecule has 0 aromatic carbocycles. The molecule has 0 aromatic heterocycles. The van der Waals surface area contributed by atoms with Gasteiger partial charge in [0.05, 0.1) is 6.07 Å². The fourth-order valence-electron chi connectivity index (χ4n) is 0.297. The van der Waals surface area contributed by atoms with Gasteiger partial charge in [-0.25, -0.2) is 8.93 Å². The van der Waals surface area contributed by atoms with E-state index in [9.17, 15) is 4.21 Å². The van der Waals surface area contributed by atoms with Crippen molar-refractivity contribution >= 4 is 11.0 Å². The minimum Gasteiger partial charge on any atom is -0.241 e. The van der Waals surface area contributed by atoms with Crippen LogP contribution < -0.4 is 4.72 Å². The fraction of sp³-hybridized carbons (Fsp3) is 0.800. The van der Waals surface area contributed by atoms with Gasteiger partial charge in [-0.1, -0.05) is 0 Å². The van der Waals surface area contributed by atoms with Crippen LogP contribution in [0.4, 0.5) is 0 Å². The first-order valence-corrected chi connectivity index (χ1v) is 3.70. The lowest BCUT2D eigenvalue weighted by Gasteiger charge is -2.11. The molecule has 0 saturated carbocycles. The summed E-state index contributed by atoms with van der Waals surface area (Å²) in [6.45, 7) is 3.25. The summed E-state index contributed by atoms with van der Waals surface area (Å²) in [6, 6.07) is 1.93. The Labute approximate surface area is 57.7 Å². The molecule has 0 aromatic rings. The van der Waals surface area contributed by atoms with Crippen LogP contribution in [0.25, 0.3) is 0 Å². The van der Waals surface area contributed by atoms with Crippen molar-refractivity contribution in [2.24, 2.45) is 0 Å². The quantitative estimate of drug-likeness (QED) is 0.604. The van der Waals surface area contributed by atoms with Crippen molar-refractivity contribution in [3.05, 3.63) is 0 Å². The van der Waals surface area contributed by atoms with Crippen LogP contribution in [0.5, 0.6) is 0 Å².